The maximum atomic E-state index is 11.9. The summed E-state index contributed by atoms with van der Waals surface area (Å²) < 4.78 is 0. The summed E-state index contributed by atoms with van der Waals surface area (Å²) in [5.41, 5.74) is 5.81. The molecule has 0 heterocycles. The maximum absolute atomic E-state index is 11.9. The Kier molecular flexibility index (Phi) is 7.11. The van der Waals surface area contributed by atoms with Crippen LogP contribution in [-0.2, 0) is 4.79 Å². The summed E-state index contributed by atoms with van der Waals surface area (Å²) >= 11 is 0. The van der Waals surface area contributed by atoms with Crippen LogP contribution in [0.25, 0.3) is 0 Å². The Morgan fingerprint density at radius 2 is 1.89 bits per heavy atom. The van der Waals surface area contributed by atoms with E-state index in [0.717, 1.165) is 32.1 Å². The molecule has 4 nitrogen and oxygen atoms in total. The lowest BCUT2D eigenvalue weighted by molar-refractivity contribution is -0.125. The lowest BCUT2D eigenvalue weighted by atomic mass is 9.85. The van der Waals surface area contributed by atoms with E-state index in [4.69, 9.17) is 5.73 Å². The van der Waals surface area contributed by atoms with Crippen LogP contribution in [0.4, 0.5) is 0 Å². The molecule has 3 unspecified atom stereocenters. The molecule has 0 radical (unpaired) electrons. The van der Waals surface area contributed by atoms with Crippen LogP contribution in [0.1, 0.15) is 51.4 Å². The molecule has 19 heavy (non-hydrogen) atoms. The molecular formula is C14H27ClN2O2. The van der Waals surface area contributed by atoms with Crippen molar-refractivity contribution in [2.45, 2.75) is 63.5 Å². The standard InChI is InChI=1S/C14H26N2O2.ClH/c15-12-7-6-11(8-12)14(18)16-9-13(17)10-4-2-1-3-5-10;/h10-13,17H,1-9,15H2,(H,16,18);1H. The number of carbonyl (C=O) groups is 1. The SMILES string of the molecule is Cl.NC1CCC(C(=O)NCC(O)C2CCCCC2)C1. The molecule has 5 heteroatoms. The third-order valence-corrected chi connectivity index (χ3v) is 4.52. The molecule has 0 saturated heterocycles. The summed E-state index contributed by atoms with van der Waals surface area (Å²) in [5.74, 6) is 0.529. The topological polar surface area (TPSA) is 75.4 Å². The average Bonchev–Trinajstić information content (AvgIpc) is 2.83. The molecule has 2 fully saturated rings. The van der Waals surface area contributed by atoms with Gasteiger partial charge >= 0.3 is 0 Å². The van der Waals surface area contributed by atoms with E-state index in [0.29, 0.717) is 12.5 Å². The van der Waals surface area contributed by atoms with Gasteiger partial charge in [-0.1, -0.05) is 19.3 Å². The van der Waals surface area contributed by atoms with Crippen LogP contribution >= 0.6 is 12.4 Å². The van der Waals surface area contributed by atoms with Crippen LogP contribution in [0.15, 0.2) is 0 Å². The molecule has 0 aromatic rings. The Bertz CT molecular complexity index is 283. The number of nitrogens with two attached hydrogens (primary N) is 1. The third-order valence-electron chi connectivity index (χ3n) is 4.52. The maximum Gasteiger partial charge on any atom is 0.223 e. The van der Waals surface area contributed by atoms with Gasteiger partial charge in [-0.2, -0.15) is 0 Å². The quantitative estimate of drug-likeness (QED) is 0.736. The number of nitrogens with one attached hydrogen (secondary N) is 1. The highest BCUT2D eigenvalue weighted by Crippen LogP contribution is 2.27. The van der Waals surface area contributed by atoms with Gasteiger partial charge in [0.2, 0.25) is 5.91 Å². The number of halogens is 1. The Labute approximate surface area is 121 Å². The molecule has 0 aromatic carbocycles. The van der Waals surface area contributed by atoms with E-state index < -0.39 is 0 Å². The van der Waals surface area contributed by atoms with Crippen LogP contribution in [0.5, 0.6) is 0 Å². The van der Waals surface area contributed by atoms with Crippen LogP contribution < -0.4 is 11.1 Å². The number of hydrogen-bond acceptors (Lipinski definition) is 3. The van der Waals surface area contributed by atoms with Gasteiger partial charge in [0.05, 0.1) is 6.10 Å². The van der Waals surface area contributed by atoms with Gasteiger partial charge < -0.3 is 16.2 Å². The minimum Gasteiger partial charge on any atom is -0.391 e. The van der Waals surface area contributed by atoms with Gasteiger partial charge in [0.1, 0.15) is 0 Å². The average molecular weight is 291 g/mol. The van der Waals surface area contributed by atoms with E-state index in [1.165, 1.54) is 19.3 Å². The Balaban J connectivity index is 0.00000180. The van der Waals surface area contributed by atoms with Gasteiger partial charge in [-0.3, -0.25) is 4.79 Å². The van der Waals surface area contributed by atoms with Crippen molar-refractivity contribution >= 4 is 18.3 Å². The van der Waals surface area contributed by atoms with E-state index >= 15 is 0 Å². The van der Waals surface area contributed by atoms with Crippen LogP contribution in [-0.4, -0.2) is 29.7 Å². The summed E-state index contributed by atoms with van der Waals surface area (Å²) in [5, 5.41) is 13.0. The number of aliphatic hydroxyl groups is 1. The number of aliphatic hydroxyl groups excluding tert-OH is 1. The fourth-order valence-corrected chi connectivity index (χ4v) is 3.29. The number of amides is 1. The van der Waals surface area contributed by atoms with E-state index in [-0.39, 0.29) is 36.4 Å². The molecule has 4 N–H and O–H groups in total. The van der Waals surface area contributed by atoms with E-state index in [1.54, 1.807) is 0 Å². The van der Waals surface area contributed by atoms with Gasteiger partial charge in [0, 0.05) is 18.5 Å². The zero-order valence-electron chi connectivity index (χ0n) is 11.5. The first-order chi connectivity index (χ1) is 8.66. The third kappa shape index (κ3) is 4.93. The monoisotopic (exact) mass is 290 g/mol. The van der Waals surface area contributed by atoms with Crippen molar-refractivity contribution in [1.82, 2.24) is 5.32 Å². The van der Waals surface area contributed by atoms with Crippen LogP contribution in [0.2, 0.25) is 0 Å². The predicted molar refractivity (Wildman–Crippen MR) is 78.2 cm³/mol. The fraction of sp³-hybridized carbons (Fsp3) is 0.929. The van der Waals surface area contributed by atoms with Crippen molar-refractivity contribution < 1.29 is 9.90 Å². The lowest BCUT2D eigenvalue weighted by Crippen LogP contribution is -2.39. The number of hydrogen-bond donors (Lipinski definition) is 3. The minimum atomic E-state index is -0.371. The largest absolute Gasteiger partial charge is 0.391 e. The Morgan fingerprint density at radius 1 is 1.21 bits per heavy atom. The highest BCUT2D eigenvalue weighted by atomic mass is 35.5. The second-order valence-electron chi connectivity index (χ2n) is 5.98. The zero-order valence-corrected chi connectivity index (χ0v) is 12.3. The summed E-state index contributed by atoms with van der Waals surface area (Å²) in [6.07, 6.45) is 8.19. The Morgan fingerprint density at radius 3 is 2.47 bits per heavy atom. The molecule has 2 aliphatic rings. The molecule has 0 aliphatic heterocycles. The molecular weight excluding hydrogens is 264 g/mol. The summed E-state index contributed by atoms with van der Waals surface area (Å²) in [6.45, 7) is 0.412. The molecule has 112 valence electrons. The van der Waals surface area contributed by atoms with Crippen LogP contribution in [0.3, 0.4) is 0 Å². The molecule has 0 aromatic heterocycles. The molecule has 2 saturated carbocycles. The van der Waals surface area contributed by atoms with Crippen LogP contribution in [0, 0.1) is 11.8 Å². The van der Waals surface area contributed by atoms with Gasteiger partial charge in [-0.15, -0.1) is 12.4 Å². The summed E-state index contributed by atoms with van der Waals surface area (Å²) in [7, 11) is 0. The van der Waals surface area contributed by atoms with E-state index in [1.807, 2.05) is 0 Å². The first-order valence-electron chi connectivity index (χ1n) is 7.38. The highest BCUT2D eigenvalue weighted by Gasteiger charge is 2.28. The van der Waals surface area contributed by atoms with Crippen molar-refractivity contribution in [3.63, 3.8) is 0 Å². The molecule has 3 atom stereocenters. The fourth-order valence-electron chi connectivity index (χ4n) is 3.29. The van der Waals surface area contributed by atoms with Crippen molar-refractivity contribution in [3.05, 3.63) is 0 Å². The smallest absolute Gasteiger partial charge is 0.223 e. The summed E-state index contributed by atoms with van der Waals surface area (Å²) in [4.78, 5) is 11.9. The molecule has 1 amide bonds. The van der Waals surface area contributed by atoms with Crippen molar-refractivity contribution in [2.24, 2.45) is 17.6 Å². The first kappa shape index (κ1) is 16.7. The normalized spacial score (nSPS) is 29.6. The van der Waals surface area contributed by atoms with E-state index in [9.17, 15) is 9.90 Å². The van der Waals surface area contributed by atoms with Gasteiger partial charge in [-0.05, 0) is 38.0 Å². The van der Waals surface area contributed by atoms with Crippen molar-refractivity contribution in [2.75, 3.05) is 6.54 Å². The van der Waals surface area contributed by atoms with Gasteiger partial charge in [-0.25, -0.2) is 0 Å². The molecule has 2 aliphatic carbocycles. The van der Waals surface area contributed by atoms with E-state index in [2.05, 4.69) is 5.32 Å². The molecule has 0 bridgehead atoms. The van der Waals surface area contributed by atoms with Gasteiger partial charge in [0.15, 0.2) is 0 Å². The number of rotatable bonds is 4. The summed E-state index contributed by atoms with van der Waals surface area (Å²) in [6, 6.07) is 0.184. The van der Waals surface area contributed by atoms with Crippen molar-refractivity contribution in [3.8, 4) is 0 Å². The second kappa shape index (κ2) is 8.08. The Hall–Kier alpha value is -0.320. The lowest BCUT2D eigenvalue weighted by Gasteiger charge is -2.27. The predicted octanol–water partition coefficient (Wildman–Crippen LogP) is 1.59. The molecule has 2 rings (SSSR count). The van der Waals surface area contributed by atoms with Gasteiger partial charge in [0.25, 0.3) is 0 Å². The highest BCUT2D eigenvalue weighted by molar-refractivity contribution is 5.85. The second-order valence-corrected chi connectivity index (χ2v) is 5.98. The molecule has 0 spiro atoms. The minimum absolute atomic E-state index is 0. The number of carbonyl (C=O) groups excluding carboxylic acids is 1. The van der Waals surface area contributed by atoms with Crippen molar-refractivity contribution in [1.29, 1.82) is 0 Å². The zero-order chi connectivity index (χ0) is 13.0. The first-order valence-corrected chi connectivity index (χ1v) is 7.38.